The Hall–Kier alpha value is -2.52. The molecule has 0 spiro atoms. The van der Waals surface area contributed by atoms with E-state index in [1.54, 1.807) is 36.1 Å². The molecule has 1 aliphatic rings. The van der Waals surface area contributed by atoms with Crippen LogP contribution in [0.1, 0.15) is 6.92 Å². The number of carbonyl (C=O) groups excluding carboxylic acids is 3. The van der Waals surface area contributed by atoms with Crippen LogP contribution >= 0.6 is 11.6 Å². The van der Waals surface area contributed by atoms with Crippen LogP contribution in [0.3, 0.4) is 0 Å². The molecule has 1 aromatic rings. The molecule has 1 saturated heterocycles. The van der Waals surface area contributed by atoms with Crippen LogP contribution in [0.2, 0.25) is 5.02 Å². The van der Waals surface area contributed by atoms with Gasteiger partial charge in [0.05, 0.1) is 13.2 Å². The number of rotatable bonds is 6. The van der Waals surface area contributed by atoms with E-state index in [0.29, 0.717) is 43.6 Å². The molecular weight excluding hydrogens is 376 g/mol. The van der Waals surface area contributed by atoms with Crippen molar-refractivity contribution in [1.82, 2.24) is 20.7 Å². The van der Waals surface area contributed by atoms with Gasteiger partial charge in [-0.2, -0.15) is 0 Å². The summed E-state index contributed by atoms with van der Waals surface area (Å²) in [6.45, 7) is 4.08. The monoisotopic (exact) mass is 398 g/mol. The summed E-state index contributed by atoms with van der Waals surface area (Å²) >= 11 is 5.76. The van der Waals surface area contributed by atoms with Crippen molar-refractivity contribution in [3.63, 3.8) is 0 Å². The van der Waals surface area contributed by atoms with Gasteiger partial charge in [-0.15, -0.1) is 0 Å². The summed E-state index contributed by atoms with van der Waals surface area (Å²) in [6.07, 6.45) is -0.338. The van der Waals surface area contributed by atoms with Crippen LogP contribution in [0.15, 0.2) is 24.3 Å². The lowest BCUT2D eigenvalue weighted by Crippen LogP contribution is -2.53. The average Bonchev–Trinajstić information content (AvgIpc) is 2.66. The van der Waals surface area contributed by atoms with Crippen molar-refractivity contribution in [3.05, 3.63) is 29.3 Å². The van der Waals surface area contributed by atoms with Crippen LogP contribution in [0.4, 0.5) is 4.79 Å². The molecule has 2 rings (SSSR count). The van der Waals surface area contributed by atoms with Gasteiger partial charge in [0, 0.05) is 31.2 Å². The number of benzene rings is 1. The molecule has 0 saturated carbocycles. The second kappa shape index (κ2) is 10.6. The van der Waals surface area contributed by atoms with Gasteiger partial charge in [0.1, 0.15) is 5.75 Å². The molecule has 1 aromatic carbocycles. The zero-order valence-corrected chi connectivity index (χ0v) is 15.8. The minimum atomic E-state index is -0.481. The maximum atomic E-state index is 11.9. The van der Waals surface area contributed by atoms with E-state index in [1.807, 2.05) is 4.90 Å². The largest absolute Gasteiger partial charge is 0.484 e. The summed E-state index contributed by atoms with van der Waals surface area (Å²) in [6, 6.07) is 6.59. The number of nitrogens with zero attached hydrogens (tertiary/aromatic N) is 2. The third-order valence-electron chi connectivity index (χ3n) is 3.79. The van der Waals surface area contributed by atoms with E-state index in [4.69, 9.17) is 21.1 Å². The third-order valence-corrected chi connectivity index (χ3v) is 4.04. The maximum Gasteiger partial charge on any atom is 0.409 e. The van der Waals surface area contributed by atoms with E-state index in [0.717, 1.165) is 0 Å². The van der Waals surface area contributed by atoms with E-state index < -0.39 is 5.91 Å². The van der Waals surface area contributed by atoms with Gasteiger partial charge < -0.3 is 14.4 Å². The molecule has 9 nitrogen and oxygen atoms in total. The van der Waals surface area contributed by atoms with Crippen LogP contribution < -0.4 is 15.6 Å². The highest BCUT2D eigenvalue weighted by molar-refractivity contribution is 6.30. The Morgan fingerprint density at radius 3 is 2.30 bits per heavy atom. The Bertz CT molecular complexity index is 647. The van der Waals surface area contributed by atoms with Gasteiger partial charge in [-0.05, 0) is 31.2 Å². The van der Waals surface area contributed by atoms with E-state index in [9.17, 15) is 14.4 Å². The molecule has 1 fully saturated rings. The van der Waals surface area contributed by atoms with E-state index in [1.165, 1.54) is 0 Å². The van der Waals surface area contributed by atoms with Crippen LogP contribution in [-0.4, -0.2) is 73.6 Å². The molecule has 1 aliphatic heterocycles. The predicted octanol–water partition coefficient (Wildman–Crippen LogP) is 0.640. The minimum absolute atomic E-state index is 0.120. The van der Waals surface area contributed by atoms with Crippen molar-refractivity contribution in [2.75, 3.05) is 45.9 Å². The molecule has 27 heavy (non-hydrogen) atoms. The van der Waals surface area contributed by atoms with Crippen molar-refractivity contribution in [2.24, 2.45) is 0 Å². The fourth-order valence-corrected chi connectivity index (χ4v) is 2.53. The first kappa shape index (κ1) is 20.8. The normalized spacial score (nSPS) is 14.4. The topological polar surface area (TPSA) is 100 Å². The molecule has 0 aliphatic carbocycles. The molecule has 2 N–H and O–H groups in total. The fourth-order valence-electron chi connectivity index (χ4n) is 2.40. The first-order valence-corrected chi connectivity index (χ1v) is 8.96. The molecule has 0 radical (unpaired) electrons. The lowest BCUT2D eigenvalue weighted by molar-refractivity contribution is -0.130. The van der Waals surface area contributed by atoms with Crippen molar-refractivity contribution >= 4 is 29.5 Å². The van der Waals surface area contributed by atoms with Gasteiger partial charge in [0.25, 0.3) is 11.8 Å². The smallest absolute Gasteiger partial charge is 0.409 e. The number of ether oxygens (including phenoxy) is 2. The van der Waals surface area contributed by atoms with Crippen molar-refractivity contribution in [1.29, 1.82) is 0 Å². The quantitative estimate of drug-likeness (QED) is 0.682. The van der Waals surface area contributed by atoms with E-state index >= 15 is 0 Å². The number of hydrogen-bond donors (Lipinski definition) is 2. The first-order valence-electron chi connectivity index (χ1n) is 8.58. The summed E-state index contributed by atoms with van der Waals surface area (Å²) in [5, 5.41) is 0.571. The number of amides is 3. The third kappa shape index (κ3) is 7.32. The highest BCUT2D eigenvalue weighted by Crippen LogP contribution is 2.15. The molecule has 148 valence electrons. The second-order valence-electron chi connectivity index (χ2n) is 5.80. The predicted molar refractivity (Wildman–Crippen MR) is 98.3 cm³/mol. The van der Waals surface area contributed by atoms with Crippen molar-refractivity contribution in [2.45, 2.75) is 6.92 Å². The summed E-state index contributed by atoms with van der Waals surface area (Å²) in [5.41, 5.74) is 4.64. The summed E-state index contributed by atoms with van der Waals surface area (Å²) < 4.78 is 10.2. The minimum Gasteiger partial charge on any atom is -0.484 e. The number of hydrazine groups is 1. The Morgan fingerprint density at radius 2 is 1.67 bits per heavy atom. The van der Waals surface area contributed by atoms with Gasteiger partial charge >= 0.3 is 6.09 Å². The van der Waals surface area contributed by atoms with Crippen LogP contribution in [0.5, 0.6) is 5.75 Å². The highest BCUT2D eigenvalue weighted by atomic mass is 35.5. The number of carbonyl (C=O) groups is 3. The Labute approximate surface area is 162 Å². The lowest BCUT2D eigenvalue weighted by Gasteiger charge is -2.33. The Kier molecular flexibility index (Phi) is 8.15. The number of halogens is 1. The number of piperazine rings is 1. The molecule has 0 aromatic heterocycles. The second-order valence-corrected chi connectivity index (χ2v) is 6.24. The van der Waals surface area contributed by atoms with Gasteiger partial charge in [-0.25, -0.2) is 4.79 Å². The van der Waals surface area contributed by atoms with Crippen LogP contribution in [0, 0.1) is 0 Å². The Balaban J connectivity index is 1.61. The molecule has 0 atom stereocenters. The zero-order chi connectivity index (χ0) is 19.6. The number of hydrogen-bond acceptors (Lipinski definition) is 6. The number of nitrogens with one attached hydrogen (secondary N) is 2. The highest BCUT2D eigenvalue weighted by Gasteiger charge is 2.23. The van der Waals surface area contributed by atoms with Gasteiger partial charge in [-0.3, -0.25) is 25.3 Å². The maximum absolute atomic E-state index is 11.9. The molecule has 0 unspecified atom stereocenters. The summed E-state index contributed by atoms with van der Waals surface area (Å²) in [7, 11) is 0. The average molecular weight is 399 g/mol. The van der Waals surface area contributed by atoms with Gasteiger partial charge in [-0.1, -0.05) is 11.6 Å². The van der Waals surface area contributed by atoms with Crippen LogP contribution in [0.25, 0.3) is 0 Å². The van der Waals surface area contributed by atoms with Crippen LogP contribution in [-0.2, 0) is 14.3 Å². The van der Waals surface area contributed by atoms with Gasteiger partial charge in [0.2, 0.25) is 0 Å². The summed E-state index contributed by atoms with van der Waals surface area (Å²) in [5.74, 6) is -0.329. The molecule has 10 heteroatoms. The van der Waals surface area contributed by atoms with Crippen molar-refractivity contribution < 1.29 is 23.9 Å². The fraction of sp³-hybridized carbons (Fsp3) is 0.471. The Morgan fingerprint density at radius 1 is 1.04 bits per heavy atom. The van der Waals surface area contributed by atoms with E-state index in [2.05, 4.69) is 10.9 Å². The molecule has 0 bridgehead atoms. The molecular formula is C17H23ClN4O5. The van der Waals surface area contributed by atoms with Gasteiger partial charge in [0.15, 0.2) is 6.61 Å². The zero-order valence-electron chi connectivity index (χ0n) is 15.1. The lowest BCUT2D eigenvalue weighted by atomic mass is 10.3. The van der Waals surface area contributed by atoms with Crippen molar-refractivity contribution in [3.8, 4) is 5.75 Å². The summed E-state index contributed by atoms with van der Waals surface area (Å²) in [4.78, 5) is 38.7. The standard InChI is InChI=1S/C17H23ClN4O5/c1-2-26-17(25)22-9-7-21(8-10-22)11-15(23)19-20-16(24)12-27-14-5-3-13(18)4-6-14/h3-6H,2,7-12H2,1H3,(H,19,23)(H,20,24). The molecule has 3 amide bonds. The first-order chi connectivity index (χ1) is 13.0. The van der Waals surface area contributed by atoms with E-state index in [-0.39, 0.29) is 25.2 Å². The molecule has 1 heterocycles. The SMILES string of the molecule is CCOC(=O)N1CCN(CC(=O)NNC(=O)COc2ccc(Cl)cc2)CC1.